The second kappa shape index (κ2) is 12.5. The predicted octanol–water partition coefficient (Wildman–Crippen LogP) is 9.60. The molecule has 8 heteroatoms. The third kappa shape index (κ3) is 5.40. The third-order valence-electron chi connectivity index (χ3n) is 8.65. The van der Waals surface area contributed by atoms with Crippen LogP contribution in [0.15, 0.2) is 169 Å². The normalized spacial score (nSPS) is 11.2. The van der Waals surface area contributed by atoms with Crippen LogP contribution in [-0.2, 0) is 0 Å². The van der Waals surface area contributed by atoms with Gasteiger partial charge in [0.2, 0.25) is 11.8 Å². The van der Waals surface area contributed by atoms with Crippen molar-refractivity contribution >= 4 is 11.0 Å². The highest BCUT2D eigenvalue weighted by molar-refractivity contribution is 5.91. The van der Waals surface area contributed by atoms with E-state index in [1.54, 1.807) is 24.8 Å². The Hall–Kier alpha value is -7.06. The fourth-order valence-corrected chi connectivity index (χ4v) is 6.29. The van der Waals surface area contributed by atoms with E-state index in [9.17, 15) is 0 Å². The summed E-state index contributed by atoms with van der Waals surface area (Å²) < 4.78 is 8.43. The number of aromatic nitrogens is 7. The first kappa shape index (κ1) is 29.1. The van der Waals surface area contributed by atoms with Gasteiger partial charge in [-0.2, -0.15) is 0 Å². The van der Waals surface area contributed by atoms with E-state index in [0.717, 1.165) is 72.6 Å². The van der Waals surface area contributed by atoms with Crippen molar-refractivity contribution in [1.82, 2.24) is 34.7 Å². The lowest BCUT2D eigenvalue weighted by molar-refractivity contribution is 0.584. The van der Waals surface area contributed by atoms with Crippen LogP contribution >= 0.6 is 0 Å². The maximum Gasteiger partial charge on any atom is 0.249 e. The summed E-state index contributed by atoms with van der Waals surface area (Å²) in [7, 11) is 0. The molecule has 0 aliphatic rings. The van der Waals surface area contributed by atoms with E-state index in [1.807, 2.05) is 60.9 Å². The van der Waals surface area contributed by atoms with Gasteiger partial charge in [-0.15, -0.1) is 10.2 Å². The summed E-state index contributed by atoms with van der Waals surface area (Å²) in [6, 6.07) is 43.2. The van der Waals surface area contributed by atoms with Gasteiger partial charge < -0.3 is 4.42 Å². The molecule has 9 rings (SSSR count). The Balaban J connectivity index is 1.26. The highest BCUT2D eigenvalue weighted by Crippen LogP contribution is 2.40. The highest BCUT2D eigenvalue weighted by atomic mass is 16.4. The molecule has 9 aromatic rings. The number of imidazole rings is 1. The Morgan fingerprint density at radius 3 is 1.78 bits per heavy atom. The molecule has 236 valence electrons. The molecule has 8 nitrogen and oxygen atoms in total. The monoisotopic (exact) mass is 645 g/mol. The van der Waals surface area contributed by atoms with Crippen molar-refractivity contribution in [2.45, 2.75) is 0 Å². The quantitative estimate of drug-likeness (QED) is 0.170. The van der Waals surface area contributed by atoms with E-state index in [4.69, 9.17) is 9.40 Å². The van der Waals surface area contributed by atoms with E-state index in [-0.39, 0.29) is 0 Å². The fourth-order valence-electron chi connectivity index (χ4n) is 6.29. The average molecular weight is 646 g/mol. The summed E-state index contributed by atoms with van der Waals surface area (Å²) in [6.45, 7) is 0. The smallest absolute Gasteiger partial charge is 0.249 e. The Bertz CT molecular complexity index is 2580. The zero-order valence-corrected chi connectivity index (χ0v) is 26.6. The molecule has 0 aliphatic heterocycles. The Kier molecular flexibility index (Phi) is 7.29. The first-order valence-electron chi connectivity index (χ1n) is 16.2. The molecule has 0 N–H and O–H groups in total. The second-order valence-corrected chi connectivity index (χ2v) is 11.8. The molecular weight excluding hydrogens is 619 g/mol. The van der Waals surface area contributed by atoms with Gasteiger partial charge >= 0.3 is 0 Å². The Morgan fingerprint density at radius 1 is 0.440 bits per heavy atom. The second-order valence-electron chi connectivity index (χ2n) is 11.8. The number of para-hydroxylation sites is 3. The van der Waals surface area contributed by atoms with E-state index < -0.39 is 0 Å². The molecule has 0 atom stereocenters. The minimum atomic E-state index is 0.407. The van der Waals surface area contributed by atoms with E-state index >= 15 is 0 Å². The number of rotatable bonds is 7. The number of hydrogen-bond acceptors (Lipinski definition) is 7. The largest absolute Gasteiger partial charge is 0.416 e. The summed E-state index contributed by atoms with van der Waals surface area (Å²) in [6.07, 6.45) is 10.7. The lowest BCUT2D eigenvalue weighted by atomic mass is 9.92. The molecule has 50 heavy (non-hydrogen) atoms. The van der Waals surface area contributed by atoms with Crippen molar-refractivity contribution in [3.05, 3.63) is 165 Å². The summed E-state index contributed by atoms with van der Waals surface area (Å²) in [5, 5.41) is 8.78. The summed E-state index contributed by atoms with van der Waals surface area (Å²) >= 11 is 0. The van der Waals surface area contributed by atoms with Gasteiger partial charge in [0.1, 0.15) is 5.82 Å². The van der Waals surface area contributed by atoms with Crippen molar-refractivity contribution < 1.29 is 4.42 Å². The Morgan fingerprint density at radius 2 is 1.06 bits per heavy atom. The maximum absolute atomic E-state index is 6.21. The van der Waals surface area contributed by atoms with Crippen molar-refractivity contribution in [3.63, 3.8) is 0 Å². The number of benzene rings is 4. The molecule has 0 fully saturated rings. The summed E-state index contributed by atoms with van der Waals surface area (Å²) in [5.41, 5.74) is 11.4. The first-order valence-corrected chi connectivity index (χ1v) is 16.2. The molecule has 0 saturated heterocycles. The van der Waals surface area contributed by atoms with Crippen LogP contribution in [0.25, 0.3) is 84.4 Å². The first-order chi connectivity index (χ1) is 24.8. The molecule has 0 radical (unpaired) electrons. The lowest BCUT2D eigenvalue weighted by Crippen LogP contribution is -1.99. The molecule has 0 amide bonds. The van der Waals surface area contributed by atoms with Gasteiger partial charge in [-0.1, -0.05) is 54.6 Å². The van der Waals surface area contributed by atoms with Crippen LogP contribution in [0.2, 0.25) is 0 Å². The van der Waals surface area contributed by atoms with Crippen LogP contribution in [0.5, 0.6) is 0 Å². The molecule has 0 spiro atoms. The van der Waals surface area contributed by atoms with Gasteiger partial charge in [-0.3, -0.25) is 19.5 Å². The molecule has 5 aromatic heterocycles. The van der Waals surface area contributed by atoms with Gasteiger partial charge in [-0.25, -0.2) is 4.98 Å². The molecule has 5 heterocycles. The highest BCUT2D eigenvalue weighted by Gasteiger charge is 2.20. The topological polar surface area (TPSA) is 95.4 Å². The van der Waals surface area contributed by atoms with E-state index in [1.165, 1.54) is 0 Å². The number of pyridine rings is 3. The zero-order chi connectivity index (χ0) is 33.3. The molecule has 4 aromatic carbocycles. The SMILES string of the molecule is c1ccc(-n2c(-c3cc(-c4cc(-c5cccnc5)cc(-c5nnc(-c6cccnc6)o5)c4)ccc3-c3cccnc3)nc3ccccc32)cc1. The van der Waals surface area contributed by atoms with Crippen molar-refractivity contribution in [1.29, 1.82) is 0 Å². The maximum atomic E-state index is 6.21. The number of hydrogen-bond donors (Lipinski definition) is 0. The van der Waals surface area contributed by atoms with Crippen LogP contribution in [-0.4, -0.2) is 34.7 Å². The van der Waals surface area contributed by atoms with Gasteiger partial charge in [-0.05, 0) is 95.1 Å². The van der Waals surface area contributed by atoms with Crippen molar-refractivity contribution in [2.24, 2.45) is 0 Å². The van der Waals surface area contributed by atoms with Crippen molar-refractivity contribution in [3.8, 4) is 73.4 Å². The van der Waals surface area contributed by atoms with Gasteiger partial charge in [0.05, 0.1) is 16.6 Å². The predicted molar refractivity (Wildman–Crippen MR) is 195 cm³/mol. The molecule has 0 aliphatic carbocycles. The average Bonchev–Trinajstić information content (AvgIpc) is 3.85. The van der Waals surface area contributed by atoms with Crippen LogP contribution in [0.1, 0.15) is 0 Å². The Labute approximate surface area is 287 Å². The van der Waals surface area contributed by atoms with Crippen LogP contribution in [0, 0.1) is 0 Å². The molecular formula is C42H27N7O. The van der Waals surface area contributed by atoms with Gasteiger partial charge in [0.15, 0.2) is 0 Å². The minimum Gasteiger partial charge on any atom is -0.416 e. The van der Waals surface area contributed by atoms with Crippen LogP contribution in [0.4, 0.5) is 0 Å². The van der Waals surface area contributed by atoms with Crippen molar-refractivity contribution in [2.75, 3.05) is 0 Å². The lowest BCUT2D eigenvalue weighted by Gasteiger charge is -2.16. The third-order valence-corrected chi connectivity index (χ3v) is 8.65. The summed E-state index contributed by atoms with van der Waals surface area (Å²) in [4.78, 5) is 18.3. The van der Waals surface area contributed by atoms with Crippen LogP contribution in [0.3, 0.4) is 0 Å². The van der Waals surface area contributed by atoms with E-state index in [2.05, 4.69) is 109 Å². The zero-order valence-electron chi connectivity index (χ0n) is 26.6. The number of fused-ring (bicyclic) bond motifs is 1. The molecule has 0 saturated carbocycles. The van der Waals surface area contributed by atoms with E-state index in [0.29, 0.717) is 11.8 Å². The fraction of sp³-hybridized carbons (Fsp3) is 0. The van der Waals surface area contributed by atoms with Gasteiger partial charge in [0, 0.05) is 65.1 Å². The number of nitrogens with zero attached hydrogens (tertiary/aromatic N) is 7. The molecule has 0 bridgehead atoms. The standard InChI is InChI=1S/C42H27N7O/c1-2-12-35(13-3-1)49-39-15-5-4-14-38(39)46-40(49)37-24-28(16-17-36(37)30-10-7-19-44-26-30)32-21-33(29-9-6-18-43-25-29)23-34(22-32)42-48-47-41(50-42)31-11-8-20-45-27-31/h1-27H. The van der Waals surface area contributed by atoms with Gasteiger partial charge in [0.25, 0.3) is 0 Å². The summed E-state index contributed by atoms with van der Waals surface area (Å²) in [5.74, 6) is 1.65. The van der Waals surface area contributed by atoms with Crippen LogP contribution < -0.4 is 0 Å². The molecule has 0 unspecified atom stereocenters. The minimum absolute atomic E-state index is 0.407.